The van der Waals surface area contributed by atoms with Crippen LogP contribution in [0.4, 0.5) is 0 Å². The number of phenols is 1. The molecule has 1 aromatic carbocycles. The van der Waals surface area contributed by atoms with E-state index in [-0.39, 0.29) is 17.2 Å². The Morgan fingerprint density at radius 2 is 2.28 bits per heavy atom. The van der Waals surface area contributed by atoms with E-state index in [1.807, 2.05) is 0 Å². The molecular weight excluding hydrogens is 250 g/mol. The minimum absolute atomic E-state index is 0.0833. The van der Waals surface area contributed by atoms with Gasteiger partial charge in [0.2, 0.25) is 0 Å². The molecule has 0 saturated heterocycles. The highest BCUT2D eigenvalue weighted by molar-refractivity contribution is 6.30. The van der Waals surface area contributed by atoms with E-state index in [0.29, 0.717) is 11.6 Å². The predicted octanol–water partition coefficient (Wildman–Crippen LogP) is 3.28. The number of rotatable bonds is 4. The summed E-state index contributed by atoms with van der Waals surface area (Å²) in [7, 11) is 0. The van der Waals surface area contributed by atoms with Crippen molar-refractivity contribution in [1.29, 1.82) is 0 Å². The number of carbonyl (C=O) groups excluding carboxylic acids is 1. The lowest BCUT2D eigenvalue weighted by Gasteiger charge is -2.07. The van der Waals surface area contributed by atoms with Crippen LogP contribution in [0.1, 0.15) is 36.0 Å². The third kappa shape index (κ3) is 3.26. The first-order chi connectivity index (χ1) is 8.66. The molecule has 4 heteroatoms. The molecule has 0 radical (unpaired) electrons. The Kier molecular flexibility index (Phi) is 4.26. The third-order valence-corrected chi connectivity index (χ3v) is 3.31. The van der Waals surface area contributed by atoms with Gasteiger partial charge >= 0.3 is 0 Å². The molecule has 1 aliphatic rings. The van der Waals surface area contributed by atoms with Gasteiger partial charge in [-0.1, -0.05) is 23.3 Å². The van der Waals surface area contributed by atoms with Gasteiger partial charge in [0, 0.05) is 11.6 Å². The van der Waals surface area contributed by atoms with Crippen molar-refractivity contribution in [2.45, 2.75) is 25.7 Å². The van der Waals surface area contributed by atoms with Crippen LogP contribution >= 0.6 is 11.6 Å². The molecule has 0 bridgehead atoms. The summed E-state index contributed by atoms with van der Waals surface area (Å²) < 4.78 is 0. The number of carbonyl (C=O) groups is 1. The van der Waals surface area contributed by atoms with Gasteiger partial charge in [0.1, 0.15) is 5.75 Å². The van der Waals surface area contributed by atoms with Crippen molar-refractivity contribution in [3.8, 4) is 5.75 Å². The number of benzene rings is 1. The molecule has 0 atom stereocenters. The smallest absolute Gasteiger partial charge is 0.255 e. The molecule has 0 aliphatic heterocycles. The minimum Gasteiger partial charge on any atom is -0.507 e. The summed E-state index contributed by atoms with van der Waals surface area (Å²) in [6.45, 7) is 0.604. The Morgan fingerprint density at radius 1 is 1.44 bits per heavy atom. The highest BCUT2D eigenvalue weighted by Crippen LogP contribution is 2.22. The first kappa shape index (κ1) is 13.0. The van der Waals surface area contributed by atoms with Gasteiger partial charge in [0.15, 0.2) is 0 Å². The molecule has 0 unspecified atom stereocenters. The second-order valence-electron chi connectivity index (χ2n) is 4.42. The van der Waals surface area contributed by atoms with Gasteiger partial charge in [0.05, 0.1) is 5.56 Å². The van der Waals surface area contributed by atoms with Gasteiger partial charge in [-0.25, -0.2) is 0 Å². The zero-order valence-electron chi connectivity index (χ0n) is 10.1. The maximum atomic E-state index is 11.8. The molecule has 18 heavy (non-hydrogen) atoms. The topological polar surface area (TPSA) is 49.3 Å². The number of hydrogen-bond acceptors (Lipinski definition) is 2. The highest BCUT2D eigenvalue weighted by atomic mass is 35.5. The Hall–Kier alpha value is -1.48. The molecule has 96 valence electrons. The summed E-state index contributed by atoms with van der Waals surface area (Å²) in [4.78, 5) is 11.8. The van der Waals surface area contributed by atoms with Crippen molar-refractivity contribution in [1.82, 2.24) is 5.32 Å². The van der Waals surface area contributed by atoms with Crippen LogP contribution in [0.25, 0.3) is 0 Å². The van der Waals surface area contributed by atoms with Crippen LogP contribution in [0, 0.1) is 0 Å². The van der Waals surface area contributed by atoms with Crippen molar-refractivity contribution < 1.29 is 9.90 Å². The SMILES string of the molecule is O=C(NCCC1=CCCC1)c1ccc(Cl)cc1O. The summed E-state index contributed by atoms with van der Waals surface area (Å²) in [6.07, 6.45) is 6.65. The fourth-order valence-electron chi connectivity index (χ4n) is 2.09. The van der Waals surface area contributed by atoms with E-state index in [4.69, 9.17) is 11.6 Å². The molecule has 0 saturated carbocycles. The first-order valence-electron chi connectivity index (χ1n) is 6.11. The van der Waals surface area contributed by atoms with Crippen LogP contribution in [0.15, 0.2) is 29.8 Å². The Bertz CT molecular complexity index is 483. The van der Waals surface area contributed by atoms with Crippen molar-refractivity contribution in [3.05, 3.63) is 40.4 Å². The molecular formula is C14H16ClNO2. The summed E-state index contributed by atoms with van der Waals surface area (Å²) in [6, 6.07) is 4.49. The number of amides is 1. The van der Waals surface area contributed by atoms with Gasteiger partial charge in [-0.05, 0) is 43.9 Å². The van der Waals surface area contributed by atoms with Gasteiger partial charge in [-0.3, -0.25) is 4.79 Å². The number of phenolic OH excluding ortho intramolecular Hbond substituents is 1. The fourth-order valence-corrected chi connectivity index (χ4v) is 2.26. The zero-order chi connectivity index (χ0) is 13.0. The predicted molar refractivity (Wildman–Crippen MR) is 72.0 cm³/mol. The Morgan fingerprint density at radius 3 is 2.94 bits per heavy atom. The van der Waals surface area contributed by atoms with Gasteiger partial charge < -0.3 is 10.4 Å². The lowest BCUT2D eigenvalue weighted by Crippen LogP contribution is -2.24. The maximum absolute atomic E-state index is 11.8. The van der Waals surface area contributed by atoms with E-state index in [9.17, 15) is 9.90 Å². The molecule has 0 spiro atoms. The second kappa shape index (κ2) is 5.91. The molecule has 1 amide bonds. The van der Waals surface area contributed by atoms with Crippen molar-refractivity contribution in [2.24, 2.45) is 0 Å². The van der Waals surface area contributed by atoms with Crippen molar-refractivity contribution >= 4 is 17.5 Å². The van der Waals surface area contributed by atoms with Crippen LogP contribution in [-0.2, 0) is 0 Å². The second-order valence-corrected chi connectivity index (χ2v) is 4.86. The van der Waals surface area contributed by atoms with E-state index >= 15 is 0 Å². The molecule has 0 heterocycles. The number of nitrogens with one attached hydrogen (secondary N) is 1. The molecule has 0 fully saturated rings. The number of hydrogen-bond donors (Lipinski definition) is 2. The van der Waals surface area contributed by atoms with Crippen LogP contribution in [0.5, 0.6) is 5.75 Å². The molecule has 2 rings (SSSR count). The van der Waals surface area contributed by atoms with Crippen molar-refractivity contribution in [3.63, 3.8) is 0 Å². The first-order valence-corrected chi connectivity index (χ1v) is 6.49. The number of halogens is 1. The summed E-state index contributed by atoms with van der Waals surface area (Å²) in [5.41, 5.74) is 1.68. The third-order valence-electron chi connectivity index (χ3n) is 3.07. The summed E-state index contributed by atoms with van der Waals surface area (Å²) in [5.74, 6) is -0.345. The fraction of sp³-hybridized carbons (Fsp3) is 0.357. The normalized spacial score (nSPS) is 14.4. The van der Waals surface area contributed by atoms with Gasteiger partial charge in [-0.2, -0.15) is 0 Å². The van der Waals surface area contributed by atoms with Crippen molar-refractivity contribution in [2.75, 3.05) is 6.54 Å². The van der Waals surface area contributed by atoms with Crippen LogP contribution < -0.4 is 5.32 Å². The van der Waals surface area contributed by atoms with E-state index in [0.717, 1.165) is 19.3 Å². The zero-order valence-corrected chi connectivity index (χ0v) is 10.8. The minimum atomic E-state index is -0.261. The van der Waals surface area contributed by atoms with E-state index < -0.39 is 0 Å². The monoisotopic (exact) mass is 265 g/mol. The number of aromatic hydroxyl groups is 1. The van der Waals surface area contributed by atoms with E-state index in [1.165, 1.54) is 24.1 Å². The average molecular weight is 266 g/mol. The summed E-state index contributed by atoms with van der Waals surface area (Å²) >= 11 is 5.71. The quantitative estimate of drug-likeness (QED) is 0.821. The Labute approximate surface area is 111 Å². The van der Waals surface area contributed by atoms with E-state index in [1.54, 1.807) is 6.07 Å². The van der Waals surface area contributed by atoms with Gasteiger partial charge in [-0.15, -0.1) is 0 Å². The largest absolute Gasteiger partial charge is 0.507 e. The molecule has 0 aromatic heterocycles. The van der Waals surface area contributed by atoms with E-state index in [2.05, 4.69) is 11.4 Å². The Balaban J connectivity index is 1.87. The average Bonchev–Trinajstić information content (AvgIpc) is 2.81. The summed E-state index contributed by atoms with van der Waals surface area (Å²) in [5, 5.41) is 12.8. The standard InChI is InChI=1S/C14H16ClNO2/c15-11-5-6-12(13(17)9-11)14(18)16-8-7-10-3-1-2-4-10/h3,5-6,9,17H,1-2,4,7-8H2,(H,16,18). The molecule has 1 aromatic rings. The van der Waals surface area contributed by atoms with Gasteiger partial charge in [0.25, 0.3) is 5.91 Å². The number of allylic oxidation sites excluding steroid dienone is 1. The maximum Gasteiger partial charge on any atom is 0.255 e. The lowest BCUT2D eigenvalue weighted by atomic mass is 10.1. The van der Waals surface area contributed by atoms with Crippen LogP contribution in [0.3, 0.4) is 0 Å². The molecule has 2 N–H and O–H groups in total. The van der Waals surface area contributed by atoms with Crippen LogP contribution in [0.2, 0.25) is 5.02 Å². The van der Waals surface area contributed by atoms with Crippen LogP contribution in [-0.4, -0.2) is 17.6 Å². The highest BCUT2D eigenvalue weighted by Gasteiger charge is 2.11. The molecule has 3 nitrogen and oxygen atoms in total. The lowest BCUT2D eigenvalue weighted by molar-refractivity contribution is 0.0951. The molecule has 1 aliphatic carbocycles.